The molecule has 1 aromatic carbocycles. The van der Waals surface area contributed by atoms with Crippen LogP contribution in [-0.2, 0) is 0 Å². The second-order valence-corrected chi connectivity index (χ2v) is 3.97. The van der Waals surface area contributed by atoms with Gasteiger partial charge in [0.25, 0.3) is 0 Å². The van der Waals surface area contributed by atoms with E-state index < -0.39 is 11.6 Å². The summed E-state index contributed by atoms with van der Waals surface area (Å²) < 4.78 is 26.1. The summed E-state index contributed by atoms with van der Waals surface area (Å²) in [6.45, 7) is 1.65. The molecule has 1 aliphatic carbocycles. The highest BCUT2D eigenvalue weighted by Crippen LogP contribution is 2.40. The summed E-state index contributed by atoms with van der Waals surface area (Å²) in [5.74, 6) is -0.634. The number of hydrogen-bond acceptors (Lipinski definition) is 1. The SMILES string of the molecule is Cc1c(F)cc(F)cc1[C@@H](N)C1CC1. The van der Waals surface area contributed by atoms with Gasteiger partial charge in [0.15, 0.2) is 0 Å². The average molecular weight is 197 g/mol. The fraction of sp³-hybridized carbons (Fsp3) is 0.455. The third-order valence-corrected chi connectivity index (χ3v) is 2.84. The highest BCUT2D eigenvalue weighted by Gasteiger charge is 2.31. The smallest absolute Gasteiger partial charge is 0.129 e. The van der Waals surface area contributed by atoms with Crippen molar-refractivity contribution in [3.63, 3.8) is 0 Å². The van der Waals surface area contributed by atoms with Crippen molar-refractivity contribution in [1.29, 1.82) is 0 Å². The third kappa shape index (κ3) is 1.64. The molecule has 1 aliphatic rings. The van der Waals surface area contributed by atoms with Crippen molar-refractivity contribution in [3.05, 3.63) is 34.9 Å². The maximum absolute atomic E-state index is 13.2. The highest BCUT2D eigenvalue weighted by molar-refractivity contribution is 5.31. The van der Waals surface area contributed by atoms with E-state index in [-0.39, 0.29) is 6.04 Å². The first-order valence-corrected chi connectivity index (χ1v) is 4.80. The van der Waals surface area contributed by atoms with E-state index in [9.17, 15) is 8.78 Å². The first-order chi connectivity index (χ1) is 6.59. The van der Waals surface area contributed by atoms with Crippen molar-refractivity contribution < 1.29 is 8.78 Å². The predicted octanol–water partition coefficient (Wildman–Crippen LogP) is 2.68. The second-order valence-electron chi connectivity index (χ2n) is 3.97. The first kappa shape index (κ1) is 9.59. The molecule has 2 N–H and O–H groups in total. The fourth-order valence-corrected chi connectivity index (χ4v) is 1.72. The number of benzene rings is 1. The second kappa shape index (κ2) is 3.31. The van der Waals surface area contributed by atoms with Gasteiger partial charge in [0.1, 0.15) is 11.6 Å². The van der Waals surface area contributed by atoms with Gasteiger partial charge in [0, 0.05) is 12.1 Å². The van der Waals surface area contributed by atoms with Crippen LogP contribution in [0.3, 0.4) is 0 Å². The van der Waals surface area contributed by atoms with E-state index in [0.29, 0.717) is 17.0 Å². The standard InChI is InChI=1S/C11H13F2N/c1-6-9(11(14)7-2-3-7)4-8(12)5-10(6)13/h4-5,7,11H,2-3,14H2,1H3/t11-/m0/s1. The van der Waals surface area contributed by atoms with Gasteiger partial charge in [-0.25, -0.2) is 8.78 Å². The molecule has 3 heteroatoms. The van der Waals surface area contributed by atoms with Crippen LogP contribution in [0, 0.1) is 24.5 Å². The first-order valence-electron chi connectivity index (χ1n) is 4.80. The van der Waals surface area contributed by atoms with Crippen molar-refractivity contribution in [3.8, 4) is 0 Å². The lowest BCUT2D eigenvalue weighted by molar-refractivity contribution is 0.555. The molecule has 0 aromatic heterocycles. The summed E-state index contributed by atoms with van der Waals surface area (Å²) in [6, 6.07) is 2.04. The quantitative estimate of drug-likeness (QED) is 0.775. The van der Waals surface area contributed by atoms with Crippen molar-refractivity contribution in [2.24, 2.45) is 11.7 Å². The van der Waals surface area contributed by atoms with Crippen molar-refractivity contribution in [2.75, 3.05) is 0 Å². The van der Waals surface area contributed by atoms with Gasteiger partial charge in [-0.15, -0.1) is 0 Å². The zero-order chi connectivity index (χ0) is 10.3. The van der Waals surface area contributed by atoms with Crippen LogP contribution in [-0.4, -0.2) is 0 Å². The highest BCUT2D eigenvalue weighted by atomic mass is 19.1. The molecule has 0 heterocycles. The average Bonchev–Trinajstić information content (AvgIpc) is 2.93. The zero-order valence-electron chi connectivity index (χ0n) is 8.06. The molecule has 0 amide bonds. The Bertz CT molecular complexity index is 359. The van der Waals surface area contributed by atoms with E-state index in [0.717, 1.165) is 18.9 Å². The van der Waals surface area contributed by atoms with E-state index in [1.165, 1.54) is 6.07 Å². The monoisotopic (exact) mass is 197 g/mol. The van der Waals surface area contributed by atoms with E-state index in [1.807, 2.05) is 0 Å². The lowest BCUT2D eigenvalue weighted by Crippen LogP contribution is -2.14. The van der Waals surface area contributed by atoms with Crippen molar-refractivity contribution in [2.45, 2.75) is 25.8 Å². The molecule has 76 valence electrons. The van der Waals surface area contributed by atoms with Gasteiger partial charge in [-0.1, -0.05) is 0 Å². The van der Waals surface area contributed by atoms with Crippen LogP contribution < -0.4 is 5.73 Å². The third-order valence-electron chi connectivity index (χ3n) is 2.84. The van der Waals surface area contributed by atoms with Crippen LogP contribution in [0.15, 0.2) is 12.1 Å². The Balaban J connectivity index is 2.39. The molecule has 1 nitrogen and oxygen atoms in total. The van der Waals surface area contributed by atoms with Crippen LogP contribution in [0.5, 0.6) is 0 Å². The Kier molecular flexibility index (Phi) is 2.27. The Morgan fingerprint density at radius 1 is 1.36 bits per heavy atom. The molecule has 0 spiro atoms. The number of nitrogens with two attached hydrogens (primary N) is 1. The summed E-state index contributed by atoms with van der Waals surface area (Å²) in [4.78, 5) is 0. The molecular formula is C11H13F2N. The van der Waals surface area contributed by atoms with E-state index in [2.05, 4.69) is 0 Å². The van der Waals surface area contributed by atoms with Gasteiger partial charge in [-0.05, 0) is 42.9 Å². The maximum Gasteiger partial charge on any atom is 0.129 e. The molecule has 1 atom stereocenters. The lowest BCUT2D eigenvalue weighted by Gasteiger charge is -2.14. The minimum absolute atomic E-state index is 0.208. The predicted molar refractivity (Wildman–Crippen MR) is 50.7 cm³/mol. The molecule has 0 radical (unpaired) electrons. The summed E-state index contributed by atoms with van der Waals surface area (Å²) in [5.41, 5.74) is 7.00. The van der Waals surface area contributed by atoms with Gasteiger partial charge >= 0.3 is 0 Å². The molecule has 0 bridgehead atoms. The van der Waals surface area contributed by atoms with Gasteiger partial charge in [0.05, 0.1) is 0 Å². The Hall–Kier alpha value is -0.960. The molecule has 0 unspecified atom stereocenters. The van der Waals surface area contributed by atoms with Crippen molar-refractivity contribution >= 4 is 0 Å². The topological polar surface area (TPSA) is 26.0 Å². The summed E-state index contributed by atoms with van der Waals surface area (Å²) in [7, 11) is 0. The molecule has 14 heavy (non-hydrogen) atoms. The number of rotatable bonds is 2. The van der Waals surface area contributed by atoms with Gasteiger partial charge in [-0.3, -0.25) is 0 Å². The molecule has 2 rings (SSSR count). The number of halogens is 2. The van der Waals surface area contributed by atoms with Crippen LogP contribution in [0.2, 0.25) is 0 Å². The van der Waals surface area contributed by atoms with Crippen LogP contribution >= 0.6 is 0 Å². The van der Waals surface area contributed by atoms with Gasteiger partial charge in [-0.2, -0.15) is 0 Å². The Morgan fingerprint density at radius 2 is 2.00 bits per heavy atom. The summed E-state index contributed by atoms with van der Waals surface area (Å²) in [6.07, 6.45) is 2.14. The molecule has 1 aromatic rings. The Morgan fingerprint density at radius 3 is 2.57 bits per heavy atom. The minimum Gasteiger partial charge on any atom is -0.324 e. The number of hydrogen-bond donors (Lipinski definition) is 1. The molecule has 1 saturated carbocycles. The van der Waals surface area contributed by atoms with E-state index in [1.54, 1.807) is 6.92 Å². The summed E-state index contributed by atoms with van der Waals surface area (Å²) >= 11 is 0. The van der Waals surface area contributed by atoms with Crippen LogP contribution in [0.25, 0.3) is 0 Å². The maximum atomic E-state index is 13.2. The van der Waals surface area contributed by atoms with Crippen molar-refractivity contribution in [1.82, 2.24) is 0 Å². The summed E-state index contributed by atoms with van der Waals surface area (Å²) in [5, 5.41) is 0. The molecular weight excluding hydrogens is 184 g/mol. The zero-order valence-corrected chi connectivity index (χ0v) is 8.06. The minimum atomic E-state index is -0.542. The normalized spacial score (nSPS) is 18.3. The van der Waals surface area contributed by atoms with Crippen LogP contribution in [0.4, 0.5) is 8.78 Å². The molecule has 0 aliphatic heterocycles. The largest absolute Gasteiger partial charge is 0.324 e. The molecule has 1 fully saturated rings. The van der Waals surface area contributed by atoms with Crippen LogP contribution in [0.1, 0.15) is 30.0 Å². The fourth-order valence-electron chi connectivity index (χ4n) is 1.72. The van der Waals surface area contributed by atoms with E-state index in [4.69, 9.17) is 5.73 Å². The van der Waals surface area contributed by atoms with Gasteiger partial charge in [0.2, 0.25) is 0 Å². The Labute approximate surface area is 81.9 Å². The molecule has 0 saturated heterocycles. The van der Waals surface area contributed by atoms with E-state index >= 15 is 0 Å². The van der Waals surface area contributed by atoms with Gasteiger partial charge < -0.3 is 5.73 Å². The lowest BCUT2D eigenvalue weighted by atomic mass is 9.98.